The van der Waals surface area contributed by atoms with E-state index in [1.165, 1.54) is 0 Å². The Labute approximate surface area is 252 Å². The van der Waals surface area contributed by atoms with Gasteiger partial charge in [0.05, 0.1) is 11.4 Å². The van der Waals surface area contributed by atoms with Gasteiger partial charge in [0.1, 0.15) is 12.6 Å². The minimum Gasteiger partial charge on any atom is -0.330 e. The van der Waals surface area contributed by atoms with Crippen molar-refractivity contribution in [3.8, 4) is 0 Å². The van der Waals surface area contributed by atoms with Crippen molar-refractivity contribution in [2.75, 3.05) is 23.7 Å². The SMILES string of the molecule is Cc1ccc(C)c(NC(=O)C2(CCCCC=O)CCC(CN)CC2)c1NC(=O)C1(CCCCC=O)CCC(CN)CC1. The normalized spacial score (nSPS) is 25.9. The Morgan fingerprint density at radius 1 is 0.714 bits per heavy atom. The van der Waals surface area contributed by atoms with E-state index in [4.69, 9.17) is 11.5 Å². The molecule has 0 spiro atoms. The van der Waals surface area contributed by atoms with E-state index in [2.05, 4.69) is 10.6 Å². The largest absolute Gasteiger partial charge is 0.330 e. The monoisotopic (exact) mass is 582 g/mol. The van der Waals surface area contributed by atoms with E-state index in [1.54, 1.807) is 0 Å². The van der Waals surface area contributed by atoms with Crippen LogP contribution in [0.4, 0.5) is 11.4 Å². The average Bonchev–Trinajstić information content (AvgIpc) is 3.01. The van der Waals surface area contributed by atoms with Gasteiger partial charge < -0.3 is 31.7 Å². The van der Waals surface area contributed by atoms with Crippen molar-refractivity contribution in [3.05, 3.63) is 23.3 Å². The third-order valence-corrected chi connectivity index (χ3v) is 10.3. The van der Waals surface area contributed by atoms with Gasteiger partial charge in [-0.3, -0.25) is 9.59 Å². The smallest absolute Gasteiger partial charge is 0.230 e. The first-order valence-corrected chi connectivity index (χ1v) is 16.2. The lowest BCUT2D eigenvalue weighted by Gasteiger charge is -2.40. The fourth-order valence-electron chi connectivity index (χ4n) is 7.12. The zero-order valence-corrected chi connectivity index (χ0v) is 26.0. The highest BCUT2D eigenvalue weighted by molar-refractivity contribution is 6.04. The molecule has 3 rings (SSSR count). The van der Waals surface area contributed by atoms with E-state index in [1.807, 2.05) is 26.0 Å². The van der Waals surface area contributed by atoms with Crippen molar-refractivity contribution in [3.63, 3.8) is 0 Å². The Bertz CT molecular complexity index is 973. The lowest BCUT2D eigenvalue weighted by Crippen LogP contribution is -2.42. The number of aldehydes is 2. The molecular formula is C34H54N4O4. The van der Waals surface area contributed by atoms with Crippen molar-refractivity contribution >= 4 is 35.8 Å². The molecule has 0 aromatic heterocycles. The summed E-state index contributed by atoms with van der Waals surface area (Å²) in [5.74, 6) is 0.877. The van der Waals surface area contributed by atoms with E-state index < -0.39 is 10.8 Å². The van der Waals surface area contributed by atoms with Gasteiger partial charge in [-0.2, -0.15) is 0 Å². The maximum absolute atomic E-state index is 14.1. The number of nitrogens with one attached hydrogen (secondary N) is 2. The molecule has 1 aromatic carbocycles. The topological polar surface area (TPSA) is 144 Å². The van der Waals surface area contributed by atoms with Crippen LogP contribution in [0.2, 0.25) is 0 Å². The molecule has 0 aliphatic heterocycles. The second-order valence-electron chi connectivity index (χ2n) is 13.1. The maximum Gasteiger partial charge on any atom is 0.230 e. The first-order chi connectivity index (χ1) is 20.2. The predicted molar refractivity (Wildman–Crippen MR) is 169 cm³/mol. The molecule has 0 atom stereocenters. The average molecular weight is 583 g/mol. The second kappa shape index (κ2) is 16.3. The van der Waals surface area contributed by atoms with Gasteiger partial charge in [0.25, 0.3) is 0 Å². The molecule has 2 amide bonds. The number of anilines is 2. The van der Waals surface area contributed by atoms with Crippen LogP contribution in [0.15, 0.2) is 12.1 Å². The van der Waals surface area contributed by atoms with Gasteiger partial charge >= 0.3 is 0 Å². The van der Waals surface area contributed by atoms with Crippen molar-refractivity contribution in [2.45, 2.75) is 117 Å². The number of benzene rings is 1. The third kappa shape index (κ3) is 8.50. The molecule has 2 saturated carbocycles. The number of rotatable bonds is 16. The lowest BCUT2D eigenvalue weighted by atomic mass is 9.67. The molecule has 0 bridgehead atoms. The molecule has 0 heterocycles. The summed E-state index contributed by atoms with van der Waals surface area (Å²) in [6.07, 6.45) is 14.4. The van der Waals surface area contributed by atoms with Crippen molar-refractivity contribution in [2.24, 2.45) is 34.1 Å². The number of nitrogens with two attached hydrogens (primary N) is 2. The van der Waals surface area contributed by atoms with Crippen LogP contribution >= 0.6 is 0 Å². The Hall–Kier alpha value is -2.58. The van der Waals surface area contributed by atoms with E-state index in [9.17, 15) is 19.2 Å². The molecule has 2 aliphatic rings. The molecule has 8 heteroatoms. The van der Waals surface area contributed by atoms with Gasteiger partial charge in [-0.25, -0.2) is 0 Å². The highest BCUT2D eigenvalue weighted by Crippen LogP contribution is 2.46. The highest BCUT2D eigenvalue weighted by atomic mass is 16.2. The fraction of sp³-hybridized carbons (Fsp3) is 0.706. The number of carbonyl (C=O) groups excluding carboxylic acids is 4. The first-order valence-electron chi connectivity index (χ1n) is 16.2. The highest BCUT2D eigenvalue weighted by Gasteiger charge is 2.43. The van der Waals surface area contributed by atoms with Gasteiger partial charge in [-0.1, -0.05) is 25.0 Å². The van der Waals surface area contributed by atoms with E-state index in [0.717, 1.165) is 114 Å². The third-order valence-electron chi connectivity index (χ3n) is 10.3. The van der Waals surface area contributed by atoms with Crippen LogP contribution < -0.4 is 22.1 Å². The minimum absolute atomic E-state index is 0.000281. The van der Waals surface area contributed by atoms with Gasteiger partial charge in [0.2, 0.25) is 11.8 Å². The van der Waals surface area contributed by atoms with Gasteiger partial charge in [0, 0.05) is 23.7 Å². The van der Waals surface area contributed by atoms with Crippen molar-refractivity contribution in [1.82, 2.24) is 0 Å². The van der Waals surface area contributed by atoms with Crippen LogP contribution in [0, 0.1) is 36.5 Å². The Morgan fingerprint density at radius 3 is 1.38 bits per heavy atom. The van der Waals surface area contributed by atoms with Crippen LogP contribution in [-0.2, 0) is 19.2 Å². The fourth-order valence-corrected chi connectivity index (χ4v) is 7.12. The number of hydrogen-bond acceptors (Lipinski definition) is 6. The molecule has 1 aromatic rings. The molecule has 2 fully saturated rings. The predicted octanol–water partition coefficient (Wildman–Crippen LogP) is 5.97. The van der Waals surface area contributed by atoms with Crippen molar-refractivity contribution < 1.29 is 19.2 Å². The number of carbonyl (C=O) groups is 4. The van der Waals surface area contributed by atoms with Gasteiger partial charge in [0.15, 0.2) is 0 Å². The van der Waals surface area contributed by atoms with E-state index in [0.29, 0.717) is 49.1 Å². The second-order valence-corrected chi connectivity index (χ2v) is 13.1. The molecule has 234 valence electrons. The van der Waals surface area contributed by atoms with Gasteiger partial charge in [-0.15, -0.1) is 0 Å². The summed E-state index contributed by atoms with van der Waals surface area (Å²) < 4.78 is 0. The summed E-state index contributed by atoms with van der Waals surface area (Å²) in [7, 11) is 0. The lowest BCUT2D eigenvalue weighted by molar-refractivity contribution is -0.129. The molecule has 6 N–H and O–H groups in total. The summed E-state index contributed by atoms with van der Waals surface area (Å²) in [5, 5.41) is 6.58. The molecule has 42 heavy (non-hydrogen) atoms. The maximum atomic E-state index is 14.1. The van der Waals surface area contributed by atoms with E-state index in [-0.39, 0.29) is 11.8 Å². The Morgan fingerprint density at radius 2 is 1.07 bits per heavy atom. The van der Waals surface area contributed by atoms with Gasteiger partial charge in [-0.05, 0) is 127 Å². The zero-order chi connectivity index (χ0) is 30.6. The van der Waals surface area contributed by atoms with Crippen LogP contribution in [0.3, 0.4) is 0 Å². The number of amides is 2. The Balaban J connectivity index is 1.85. The summed E-state index contributed by atoms with van der Waals surface area (Å²) in [4.78, 5) is 50.0. The minimum atomic E-state index is -0.508. The summed E-state index contributed by atoms with van der Waals surface area (Å²) in [6, 6.07) is 3.98. The summed E-state index contributed by atoms with van der Waals surface area (Å²) >= 11 is 0. The first kappa shape index (κ1) is 33.9. The number of aryl methyl sites for hydroxylation is 2. The van der Waals surface area contributed by atoms with E-state index >= 15 is 0 Å². The molecule has 2 aliphatic carbocycles. The Kier molecular flexibility index (Phi) is 13.2. The van der Waals surface area contributed by atoms with Crippen LogP contribution in [0.5, 0.6) is 0 Å². The van der Waals surface area contributed by atoms with Crippen LogP contribution in [0.1, 0.15) is 114 Å². The number of hydrogen-bond donors (Lipinski definition) is 4. The molecular weight excluding hydrogens is 528 g/mol. The van der Waals surface area contributed by atoms with Crippen LogP contribution in [-0.4, -0.2) is 37.5 Å². The molecule has 0 radical (unpaired) electrons. The standard InChI is InChI=1S/C34H54N4O4/c1-25-9-10-26(2)30(38-32(42)34(16-6-4-8-22-40)19-13-28(24-36)14-20-34)29(25)37-31(41)33(15-5-3-7-21-39)17-11-27(23-35)12-18-33/h9-10,21-22,27-28H,3-8,11-20,23-24,35-36H2,1-2H3,(H,37,41)(H,38,42). The molecule has 8 nitrogen and oxygen atoms in total. The van der Waals surface area contributed by atoms with Crippen molar-refractivity contribution in [1.29, 1.82) is 0 Å². The summed E-state index contributed by atoms with van der Waals surface area (Å²) in [6.45, 7) is 5.21. The number of unbranched alkanes of at least 4 members (excludes halogenated alkanes) is 4. The molecule has 0 unspecified atom stereocenters. The quantitative estimate of drug-likeness (QED) is 0.140. The van der Waals surface area contributed by atoms with Crippen LogP contribution in [0.25, 0.3) is 0 Å². The molecule has 0 saturated heterocycles. The zero-order valence-electron chi connectivity index (χ0n) is 26.0. The summed E-state index contributed by atoms with van der Waals surface area (Å²) in [5.41, 5.74) is 14.1.